The van der Waals surface area contributed by atoms with Crippen molar-refractivity contribution in [3.05, 3.63) is 67.6 Å². The molecule has 2 aromatic rings. The number of rotatable bonds is 5. The quantitative estimate of drug-likeness (QED) is 0.557. The molecule has 0 aliphatic rings. The Balaban J connectivity index is 2.35. The average molecular weight is 255 g/mol. The van der Waals surface area contributed by atoms with E-state index in [9.17, 15) is 0 Å². The molecule has 0 radical (unpaired) electrons. The molecule has 0 heterocycles. The Hall–Kier alpha value is -1.26. The van der Waals surface area contributed by atoms with Crippen LogP contribution in [0.25, 0.3) is 0 Å². The second-order valence-electron chi connectivity index (χ2n) is 4.53. The summed E-state index contributed by atoms with van der Waals surface area (Å²) in [6, 6.07) is 21.8. The maximum absolute atomic E-state index is 4.01. The first-order valence-electron chi connectivity index (χ1n) is 6.51. The van der Waals surface area contributed by atoms with Crippen molar-refractivity contribution in [2.45, 2.75) is 25.4 Å². The standard InChI is InChI=1S/C17H20P/c1-3-10-15(2)18(16-11-6-4-7-12-16)17-13-8-5-9-14-17/h4-9,11-15H,1,3,10H2,2H3/q+1. The maximum Gasteiger partial charge on any atom is 0.0856 e. The van der Waals surface area contributed by atoms with Crippen molar-refractivity contribution in [2.75, 3.05) is 0 Å². The van der Waals surface area contributed by atoms with E-state index in [-0.39, 0.29) is 7.92 Å². The Bertz CT molecular complexity index is 410. The fraction of sp³-hybridized carbons (Fsp3) is 0.235. The zero-order valence-corrected chi connectivity index (χ0v) is 11.8. The molecule has 1 atom stereocenters. The van der Waals surface area contributed by atoms with Crippen LogP contribution in [0.1, 0.15) is 19.8 Å². The van der Waals surface area contributed by atoms with Gasteiger partial charge in [0.25, 0.3) is 0 Å². The van der Waals surface area contributed by atoms with Crippen molar-refractivity contribution in [3.63, 3.8) is 0 Å². The maximum atomic E-state index is 4.01. The fourth-order valence-corrected chi connectivity index (χ4v) is 5.00. The van der Waals surface area contributed by atoms with E-state index in [4.69, 9.17) is 0 Å². The molecule has 0 aliphatic carbocycles. The highest BCUT2D eigenvalue weighted by Gasteiger charge is 2.20. The lowest BCUT2D eigenvalue weighted by Gasteiger charge is -2.24. The van der Waals surface area contributed by atoms with Crippen molar-refractivity contribution < 1.29 is 0 Å². The van der Waals surface area contributed by atoms with Gasteiger partial charge in [-0.2, -0.15) is 0 Å². The molecule has 18 heavy (non-hydrogen) atoms. The zero-order valence-electron chi connectivity index (χ0n) is 10.9. The summed E-state index contributed by atoms with van der Waals surface area (Å²) in [5.41, 5.74) is 0.683. The summed E-state index contributed by atoms with van der Waals surface area (Å²) in [6.45, 7) is 6.36. The van der Waals surface area contributed by atoms with E-state index in [0.29, 0.717) is 5.66 Å². The number of hydrogen-bond acceptors (Lipinski definition) is 0. The van der Waals surface area contributed by atoms with Crippen molar-refractivity contribution in [2.24, 2.45) is 0 Å². The van der Waals surface area contributed by atoms with Crippen LogP contribution in [-0.4, -0.2) is 5.66 Å². The fourth-order valence-electron chi connectivity index (χ4n) is 2.26. The molecule has 0 fully saturated rings. The first kappa shape index (κ1) is 13.2. The lowest BCUT2D eigenvalue weighted by molar-refractivity contribution is 0.824. The topological polar surface area (TPSA) is 0 Å². The predicted molar refractivity (Wildman–Crippen MR) is 83.1 cm³/mol. The van der Waals surface area contributed by atoms with Crippen LogP contribution in [0, 0.1) is 6.92 Å². The van der Waals surface area contributed by atoms with Gasteiger partial charge in [0.15, 0.2) is 0 Å². The normalized spacial score (nSPS) is 12.6. The van der Waals surface area contributed by atoms with Crippen LogP contribution in [0.4, 0.5) is 0 Å². The summed E-state index contributed by atoms with van der Waals surface area (Å²) in [5, 5.41) is 2.94. The Morgan fingerprint density at radius 3 is 1.72 bits per heavy atom. The summed E-state index contributed by atoms with van der Waals surface area (Å²) in [5.74, 6) is 0. The van der Waals surface area contributed by atoms with Crippen LogP contribution in [-0.2, 0) is 0 Å². The van der Waals surface area contributed by atoms with Gasteiger partial charge >= 0.3 is 0 Å². The molecule has 2 rings (SSSR count). The number of hydrogen-bond donors (Lipinski definition) is 0. The number of benzene rings is 2. The molecule has 0 bridgehead atoms. The van der Waals surface area contributed by atoms with Crippen LogP contribution in [0.15, 0.2) is 60.7 Å². The van der Waals surface area contributed by atoms with Gasteiger partial charge in [0, 0.05) is 0 Å². The van der Waals surface area contributed by atoms with Crippen molar-refractivity contribution in [1.29, 1.82) is 0 Å². The van der Waals surface area contributed by atoms with E-state index in [1.54, 1.807) is 0 Å². The molecule has 0 N–H and O–H groups in total. The highest BCUT2D eigenvalue weighted by Crippen LogP contribution is 2.41. The van der Waals surface area contributed by atoms with E-state index in [1.807, 2.05) is 0 Å². The molecule has 0 spiro atoms. The van der Waals surface area contributed by atoms with Gasteiger partial charge in [0.2, 0.25) is 0 Å². The molecule has 1 heteroatoms. The van der Waals surface area contributed by atoms with Gasteiger partial charge in [0.1, 0.15) is 0 Å². The first-order valence-corrected chi connectivity index (χ1v) is 7.92. The monoisotopic (exact) mass is 255 g/mol. The summed E-state index contributed by atoms with van der Waals surface area (Å²) in [4.78, 5) is 0. The van der Waals surface area contributed by atoms with E-state index < -0.39 is 0 Å². The Kier molecular flexibility index (Phi) is 4.84. The zero-order chi connectivity index (χ0) is 12.8. The summed E-state index contributed by atoms with van der Waals surface area (Å²) in [6.07, 6.45) is 2.20. The molecular formula is C17H20P+. The first-order chi connectivity index (χ1) is 8.83. The summed E-state index contributed by atoms with van der Waals surface area (Å²) >= 11 is 0. The van der Waals surface area contributed by atoms with Gasteiger partial charge in [-0.25, -0.2) is 0 Å². The van der Waals surface area contributed by atoms with Crippen molar-refractivity contribution in [1.82, 2.24) is 0 Å². The van der Waals surface area contributed by atoms with Crippen molar-refractivity contribution >= 4 is 18.5 Å². The minimum atomic E-state index is -0.258. The summed E-state index contributed by atoms with van der Waals surface area (Å²) in [7, 11) is -0.258. The minimum absolute atomic E-state index is 0.258. The molecular weight excluding hydrogens is 235 g/mol. The van der Waals surface area contributed by atoms with E-state index in [0.717, 1.165) is 6.42 Å². The smallest absolute Gasteiger partial charge is 0.0622 e. The minimum Gasteiger partial charge on any atom is -0.0622 e. The molecule has 0 saturated carbocycles. The third kappa shape index (κ3) is 3.15. The van der Waals surface area contributed by atoms with Gasteiger partial charge in [-0.05, 0) is 30.6 Å². The van der Waals surface area contributed by atoms with Crippen LogP contribution >= 0.6 is 7.92 Å². The summed E-state index contributed by atoms with van der Waals surface area (Å²) < 4.78 is 0. The van der Waals surface area contributed by atoms with E-state index in [1.165, 1.54) is 17.0 Å². The largest absolute Gasteiger partial charge is 0.0856 e. The van der Waals surface area contributed by atoms with Crippen LogP contribution in [0.5, 0.6) is 0 Å². The molecule has 0 amide bonds. The van der Waals surface area contributed by atoms with Gasteiger partial charge in [-0.15, -0.1) is 0 Å². The second-order valence-corrected chi connectivity index (χ2v) is 7.19. The SMILES string of the molecule is [CH2+]CCC(C)P(c1ccccc1)c1ccccc1. The van der Waals surface area contributed by atoms with Crippen LogP contribution in [0.2, 0.25) is 0 Å². The molecule has 0 nitrogen and oxygen atoms in total. The third-order valence-corrected chi connectivity index (χ3v) is 5.98. The van der Waals surface area contributed by atoms with Crippen LogP contribution in [0.3, 0.4) is 0 Å². The average Bonchev–Trinajstić information content (AvgIpc) is 2.42. The van der Waals surface area contributed by atoms with Gasteiger partial charge in [-0.3, -0.25) is 0 Å². The highest BCUT2D eigenvalue weighted by atomic mass is 31.1. The third-order valence-electron chi connectivity index (χ3n) is 3.13. The molecule has 0 aromatic heterocycles. The Labute approximate surface area is 112 Å². The molecule has 1 unspecified atom stereocenters. The lowest BCUT2D eigenvalue weighted by Crippen LogP contribution is -2.19. The van der Waals surface area contributed by atoms with E-state index in [2.05, 4.69) is 74.5 Å². The Morgan fingerprint density at radius 2 is 1.33 bits per heavy atom. The van der Waals surface area contributed by atoms with E-state index >= 15 is 0 Å². The van der Waals surface area contributed by atoms with Gasteiger partial charge < -0.3 is 0 Å². The second kappa shape index (κ2) is 6.61. The molecule has 0 saturated heterocycles. The highest BCUT2D eigenvalue weighted by molar-refractivity contribution is 7.73. The lowest BCUT2D eigenvalue weighted by atomic mass is 10.3. The molecule has 0 aliphatic heterocycles. The van der Waals surface area contributed by atoms with Gasteiger partial charge in [-0.1, -0.05) is 67.6 Å². The van der Waals surface area contributed by atoms with Crippen LogP contribution < -0.4 is 10.6 Å². The molecule has 92 valence electrons. The van der Waals surface area contributed by atoms with Crippen molar-refractivity contribution in [3.8, 4) is 0 Å². The predicted octanol–water partition coefficient (Wildman–Crippen LogP) is 4.12. The van der Waals surface area contributed by atoms with Gasteiger partial charge in [0.05, 0.1) is 13.3 Å². The molecule has 2 aromatic carbocycles. The Morgan fingerprint density at radius 1 is 0.889 bits per heavy atom.